The zero-order valence-electron chi connectivity index (χ0n) is 16.3. The predicted octanol–water partition coefficient (Wildman–Crippen LogP) is 4.72. The maximum absolute atomic E-state index is 12.6. The van der Waals surface area contributed by atoms with Crippen LogP contribution in [0.25, 0.3) is 0 Å². The molecule has 0 aliphatic rings. The molecule has 0 spiro atoms. The summed E-state index contributed by atoms with van der Waals surface area (Å²) in [5.74, 6) is 0. The van der Waals surface area contributed by atoms with Gasteiger partial charge in [0.25, 0.3) is 10.0 Å². The Morgan fingerprint density at radius 3 is 2.52 bits per heavy atom. The quantitative estimate of drug-likeness (QED) is 0.340. The number of nitrogens with one attached hydrogen (secondary N) is 2. The zero-order chi connectivity index (χ0) is 20.7. The fourth-order valence-electron chi connectivity index (χ4n) is 2.80. The van der Waals surface area contributed by atoms with Crippen molar-refractivity contribution in [2.75, 3.05) is 17.0 Å². The highest BCUT2D eigenvalue weighted by molar-refractivity contribution is 7.99. The summed E-state index contributed by atoms with van der Waals surface area (Å²) in [5.41, 5.74) is 8.34. The molecule has 0 unspecified atom stereocenters. The van der Waals surface area contributed by atoms with Crippen LogP contribution in [-0.2, 0) is 16.6 Å². The minimum atomic E-state index is -3.62. The molecule has 29 heavy (non-hydrogen) atoms. The minimum absolute atomic E-state index is 0.237. The number of anilines is 2. The van der Waals surface area contributed by atoms with Gasteiger partial charge in [0.05, 0.1) is 4.90 Å². The van der Waals surface area contributed by atoms with Crippen molar-refractivity contribution in [1.82, 2.24) is 5.32 Å². The van der Waals surface area contributed by atoms with E-state index in [1.807, 2.05) is 36.4 Å². The molecule has 0 aromatic heterocycles. The Kier molecular flexibility index (Phi) is 7.19. The summed E-state index contributed by atoms with van der Waals surface area (Å²) < 4.78 is 27.8. The van der Waals surface area contributed by atoms with Gasteiger partial charge in [0.15, 0.2) is 0 Å². The first kappa shape index (κ1) is 21.2. The van der Waals surface area contributed by atoms with Crippen LogP contribution in [0, 0.1) is 0 Å². The van der Waals surface area contributed by atoms with Crippen molar-refractivity contribution in [1.29, 1.82) is 0 Å². The second-order valence-corrected chi connectivity index (χ2v) is 9.39. The summed E-state index contributed by atoms with van der Waals surface area (Å²) in [5, 5.41) is 3.40. The van der Waals surface area contributed by atoms with E-state index in [2.05, 4.69) is 17.0 Å². The fraction of sp³-hybridized carbons (Fsp3) is 0.182. The molecule has 152 valence electrons. The lowest BCUT2D eigenvalue weighted by atomic mass is 10.2. The Morgan fingerprint density at radius 2 is 1.76 bits per heavy atom. The first-order chi connectivity index (χ1) is 14.0. The number of sulfonamides is 1. The van der Waals surface area contributed by atoms with Crippen LogP contribution in [0.1, 0.15) is 18.9 Å². The summed E-state index contributed by atoms with van der Waals surface area (Å²) in [4.78, 5) is 2.27. The SMILES string of the molecule is CCCNCc1cc(N)ccc1Sc1cccc(NS(=O)(=O)c2ccccc2)c1. The van der Waals surface area contributed by atoms with E-state index in [0.717, 1.165) is 40.6 Å². The van der Waals surface area contributed by atoms with Crippen molar-refractivity contribution < 1.29 is 8.42 Å². The molecule has 4 N–H and O–H groups in total. The number of rotatable bonds is 9. The highest BCUT2D eigenvalue weighted by Crippen LogP contribution is 2.33. The molecular weight excluding hydrogens is 402 g/mol. The molecule has 3 rings (SSSR count). The highest BCUT2D eigenvalue weighted by Gasteiger charge is 2.14. The average Bonchev–Trinajstić information content (AvgIpc) is 2.71. The maximum Gasteiger partial charge on any atom is 0.261 e. The monoisotopic (exact) mass is 427 g/mol. The molecular formula is C22H25N3O2S2. The van der Waals surface area contributed by atoms with Crippen LogP contribution >= 0.6 is 11.8 Å². The van der Waals surface area contributed by atoms with Crippen LogP contribution in [0.2, 0.25) is 0 Å². The van der Waals surface area contributed by atoms with Gasteiger partial charge in [-0.05, 0) is 67.1 Å². The van der Waals surface area contributed by atoms with Crippen LogP contribution in [0.4, 0.5) is 11.4 Å². The number of nitrogens with two attached hydrogens (primary N) is 1. The standard InChI is InChI=1S/C22H25N3O2S2/c1-2-13-24-16-17-14-18(23)11-12-22(17)28-20-8-6-7-19(15-20)25-29(26,27)21-9-4-3-5-10-21/h3-12,14-15,24-25H,2,13,16,23H2,1H3. The lowest BCUT2D eigenvalue weighted by molar-refractivity contribution is 0.601. The maximum atomic E-state index is 12.6. The number of hydrogen-bond acceptors (Lipinski definition) is 5. The third-order valence-corrected chi connectivity index (χ3v) is 6.70. The molecule has 5 nitrogen and oxygen atoms in total. The molecule has 0 fully saturated rings. The lowest BCUT2D eigenvalue weighted by Gasteiger charge is -2.13. The van der Waals surface area contributed by atoms with Crippen molar-refractivity contribution in [2.24, 2.45) is 0 Å². The van der Waals surface area contributed by atoms with Gasteiger partial charge in [0, 0.05) is 27.7 Å². The molecule has 0 radical (unpaired) electrons. The summed E-state index contributed by atoms with van der Waals surface area (Å²) >= 11 is 1.59. The van der Waals surface area contributed by atoms with Gasteiger partial charge in [-0.3, -0.25) is 4.72 Å². The smallest absolute Gasteiger partial charge is 0.261 e. The predicted molar refractivity (Wildman–Crippen MR) is 121 cm³/mol. The van der Waals surface area contributed by atoms with Crippen molar-refractivity contribution in [3.63, 3.8) is 0 Å². The van der Waals surface area contributed by atoms with E-state index < -0.39 is 10.0 Å². The molecule has 3 aromatic rings. The summed E-state index contributed by atoms with van der Waals surface area (Å²) in [6, 6.07) is 21.6. The second kappa shape index (κ2) is 9.82. The Bertz CT molecular complexity index is 1050. The van der Waals surface area contributed by atoms with Crippen molar-refractivity contribution in [3.8, 4) is 0 Å². The van der Waals surface area contributed by atoms with Crippen molar-refractivity contribution in [2.45, 2.75) is 34.6 Å². The largest absolute Gasteiger partial charge is 0.399 e. The lowest BCUT2D eigenvalue weighted by Crippen LogP contribution is -2.14. The van der Waals surface area contributed by atoms with E-state index in [1.165, 1.54) is 0 Å². The van der Waals surface area contributed by atoms with E-state index in [-0.39, 0.29) is 4.90 Å². The average molecular weight is 428 g/mol. The van der Waals surface area contributed by atoms with Gasteiger partial charge >= 0.3 is 0 Å². The summed E-state index contributed by atoms with van der Waals surface area (Å²) in [7, 11) is -3.62. The van der Waals surface area contributed by atoms with Gasteiger partial charge in [0.1, 0.15) is 0 Å². The second-order valence-electron chi connectivity index (χ2n) is 6.59. The van der Waals surface area contributed by atoms with Gasteiger partial charge < -0.3 is 11.1 Å². The molecule has 7 heteroatoms. The molecule has 0 saturated heterocycles. The van der Waals surface area contributed by atoms with Gasteiger partial charge in [-0.2, -0.15) is 0 Å². The van der Waals surface area contributed by atoms with Crippen molar-refractivity contribution >= 4 is 33.2 Å². The number of hydrogen-bond donors (Lipinski definition) is 3. The molecule has 0 saturated carbocycles. The third-order valence-electron chi connectivity index (χ3n) is 4.19. The molecule has 0 amide bonds. The van der Waals surface area contributed by atoms with Gasteiger partial charge in [0.2, 0.25) is 0 Å². The van der Waals surface area contributed by atoms with Crippen molar-refractivity contribution in [3.05, 3.63) is 78.4 Å². The van der Waals surface area contributed by atoms with E-state index in [0.29, 0.717) is 5.69 Å². The Morgan fingerprint density at radius 1 is 0.966 bits per heavy atom. The van der Waals surface area contributed by atoms with Crippen LogP contribution in [0.5, 0.6) is 0 Å². The number of nitrogen functional groups attached to an aromatic ring is 1. The first-order valence-corrected chi connectivity index (χ1v) is 11.7. The van der Waals surface area contributed by atoms with Gasteiger partial charge in [-0.1, -0.05) is 43.0 Å². The molecule has 0 bridgehead atoms. The van der Waals surface area contributed by atoms with E-state index in [1.54, 1.807) is 48.2 Å². The first-order valence-electron chi connectivity index (χ1n) is 9.43. The van der Waals surface area contributed by atoms with Crippen LogP contribution < -0.4 is 15.8 Å². The molecule has 0 heterocycles. The normalized spacial score (nSPS) is 11.3. The highest BCUT2D eigenvalue weighted by atomic mass is 32.2. The van der Waals surface area contributed by atoms with Gasteiger partial charge in [-0.25, -0.2) is 8.42 Å². The summed E-state index contributed by atoms with van der Waals surface area (Å²) in [6.45, 7) is 3.81. The van der Waals surface area contributed by atoms with E-state index >= 15 is 0 Å². The summed E-state index contributed by atoms with van der Waals surface area (Å²) in [6.07, 6.45) is 1.06. The zero-order valence-corrected chi connectivity index (χ0v) is 17.9. The Labute approximate surface area is 176 Å². The number of benzene rings is 3. The van der Waals surface area contributed by atoms with Gasteiger partial charge in [-0.15, -0.1) is 0 Å². The van der Waals surface area contributed by atoms with E-state index in [4.69, 9.17) is 5.73 Å². The topological polar surface area (TPSA) is 84.2 Å². The van der Waals surface area contributed by atoms with Crippen LogP contribution in [-0.4, -0.2) is 15.0 Å². The molecule has 3 aromatic carbocycles. The molecule has 0 aliphatic carbocycles. The minimum Gasteiger partial charge on any atom is -0.399 e. The van der Waals surface area contributed by atoms with Crippen LogP contribution in [0.3, 0.4) is 0 Å². The third kappa shape index (κ3) is 6.00. The Hall–Kier alpha value is -2.48. The van der Waals surface area contributed by atoms with Crippen LogP contribution in [0.15, 0.2) is 87.5 Å². The fourth-order valence-corrected chi connectivity index (χ4v) is 4.86. The molecule has 0 atom stereocenters. The molecule has 0 aliphatic heterocycles. The Balaban J connectivity index is 1.79. The van der Waals surface area contributed by atoms with E-state index in [9.17, 15) is 8.42 Å².